The molecule has 0 aromatic heterocycles. The molecule has 1 N–H and O–H groups in total. The maximum absolute atomic E-state index is 13.3. The van der Waals surface area contributed by atoms with Gasteiger partial charge in [-0.3, -0.25) is 9.69 Å². The predicted octanol–water partition coefficient (Wildman–Crippen LogP) is 2.35. The van der Waals surface area contributed by atoms with E-state index in [1.54, 1.807) is 0 Å². The van der Waals surface area contributed by atoms with E-state index in [9.17, 15) is 9.18 Å². The van der Waals surface area contributed by atoms with E-state index in [4.69, 9.17) is 11.6 Å². The molecule has 2 rings (SSSR count). The molecule has 0 unspecified atom stereocenters. The summed E-state index contributed by atoms with van der Waals surface area (Å²) in [5.74, 6) is -0.581. The molecule has 104 valence electrons. The molecule has 1 aliphatic heterocycles. The molecule has 1 saturated heterocycles. The molecule has 0 radical (unpaired) electrons. The van der Waals surface area contributed by atoms with Gasteiger partial charge in [0.2, 0.25) is 0 Å². The number of halogens is 2. The van der Waals surface area contributed by atoms with Crippen LogP contribution in [-0.2, 0) is 0 Å². The van der Waals surface area contributed by atoms with Gasteiger partial charge in [0.1, 0.15) is 5.82 Å². The van der Waals surface area contributed by atoms with E-state index in [2.05, 4.69) is 10.2 Å². The summed E-state index contributed by atoms with van der Waals surface area (Å²) < 4.78 is 13.3. The van der Waals surface area contributed by atoms with Gasteiger partial charge in [-0.05, 0) is 32.0 Å². The first kappa shape index (κ1) is 14.4. The highest BCUT2D eigenvalue weighted by molar-refractivity contribution is 6.34. The van der Waals surface area contributed by atoms with Crippen LogP contribution in [-0.4, -0.2) is 42.4 Å². The first-order valence-electron chi connectivity index (χ1n) is 6.38. The fourth-order valence-electron chi connectivity index (χ4n) is 2.37. The van der Waals surface area contributed by atoms with Crippen LogP contribution in [0.5, 0.6) is 0 Å². The van der Waals surface area contributed by atoms with Crippen LogP contribution in [0, 0.1) is 5.82 Å². The Hall–Kier alpha value is -0.970. The lowest BCUT2D eigenvalue weighted by Crippen LogP contribution is -2.57. The molecule has 3 nitrogen and oxygen atoms in total. The molecule has 0 atom stereocenters. The molecule has 0 spiro atoms. The van der Waals surface area contributed by atoms with E-state index in [0.29, 0.717) is 5.02 Å². The summed E-state index contributed by atoms with van der Waals surface area (Å²) in [5, 5.41) is 3.55. The molecule has 1 aliphatic rings. The maximum atomic E-state index is 13.3. The van der Waals surface area contributed by atoms with Gasteiger partial charge in [-0.1, -0.05) is 11.6 Å². The van der Waals surface area contributed by atoms with Crippen LogP contribution in [0.15, 0.2) is 18.2 Å². The maximum Gasteiger partial charge on any atom is 0.184 e. The largest absolute Gasteiger partial charge is 0.314 e. The van der Waals surface area contributed by atoms with Crippen LogP contribution in [0.25, 0.3) is 0 Å². The normalized spacial score (nSPS) is 17.5. The van der Waals surface area contributed by atoms with Gasteiger partial charge in [0.05, 0.1) is 10.6 Å². The molecule has 1 fully saturated rings. The topological polar surface area (TPSA) is 32.3 Å². The summed E-state index contributed by atoms with van der Waals surface area (Å²) in [7, 11) is 0. The molecule has 0 saturated carbocycles. The number of rotatable bonds is 3. The molecule has 0 aliphatic carbocycles. The van der Waals surface area contributed by atoms with Crippen LogP contribution in [0.1, 0.15) is 24.2 Å². The van der Waals surface area contributed by atoms with Crippen molar-refractivity contribution in [1.82, 2.24) is 10.2 Å². The molecule has 0 amide bonds. The third-order valence-corrected chi connectivity index (χ3v) is 3.97. The Morgan fingerprint density at radius 1 is 1.37 bits per heavy atom. The van der Waals surface area contributed by atoms with Crippen LogP contribution < -0.4 is 5.32 Å². The van der Waals surface area contributed by atoms with Gasteiger partial charge in [0.25, 0.3) is 0 Å². The van der Waals surface area contributed by atoms with Gasteiger partial charge in [-0.2, -0.15) is 0 Å². The van der Waals surface area contributed by atoms with Crippen molar-refractivity contribution in [1.29, 1.82) is 0 Å². The number of nitrogens with one attached hydrogen (secondary N) is 1. The zero-order valence-electron chi connectivity index (χ0n) is 11.2. The fraction of sp³-hybridized carbons (Fsp3) is 0.500. The Morgan fingerprint density at radius 3 is 2.63 bits per heavy atom. The van der Waals surface area contributed by atoms with E-state index >= 15 is 0 Å². The number of benzene rings is 1. The van der Waals surface area contributed by atoms with Crippen molar-refractivity contribution in [2.75, 3.05) is 26.2 Å². The number of Topliss-reactive ketones (excluding diaryl/α,β-unsaturated/α-hetero) is 1. The summed E-state index contributed by atoms with van der Waals surface area (Å²) in [6.45, 7) is 7.03. The molecular formula is C14H18ClFN2O. The average molecular weight is 285 g/mol. The molecule has 5 heteroatoms. The molecule has 19 heavy (non-hydrogen) atoms. The minimum absolute atomic E-state index is 0.140. The number of piperazine rings is 1. The van der Waals surface area contributed by atoms with Gasteiger partial charge in [-0.15, -0.1) is 0 Å². The average Bonchev–Trinajstić information content (AvgIpc) is 2.41. The smallest absolute Gasteiger partial charge is 0.184 e. The van der Waals surface area contributed by atoms with Crippen molar-refractivity contribution < 1.29 is 9.18 Å². The zero-order chi connectivity index (χ0) is 14.0. The van der Waals surface area contributed by atoms with E-state index in [-0.39, 0.29) is 11.3 Å². The summed E-state index contributed by atoms with van der Waals surface area (Å²) in [4.78, 5) is 14.7. The van der Waals surface area contributed by atoms with Gasteiger partial charge >= 0.3 is 0 Å². The minimum Gasteiger partial charge on any atom is -0.314 e. The lowest BCUT2D eigenvalue weighted by Gasteiger charge is -2.40. The number of ketones is 1. The Kier molecular flexibility index (Phi) is 4.23. The van der Waals surface area contributed by atoms with E-state index in [1.165, 1.54) is 18.2 Å². The van der Waals surface area contributed by atoms with Crippen molar-refractivity contribution in [2.45, 2.75) is 19.4 Å². The Balaban J connectivity index is 2.28. The number of hydrogen-bond acceptors (Lipinski definition) is 3. The molecular weight excluding hydrogens is 267 g/mol. The third-order valence-electron chi connectivity index (χ3n) is 3.64. The predicted molar refractivity (Wildman–Crippen MR) is 74.3 cm³/mol. The fourth-order valence-corrected chi connectivity index (χ4v) is 2.57. The number of nitrogens with zero attached hydrogens (tertiary/aromatic N) is 1. The van der Waals surface area contributed by atoms with Gasteiger partial charge in [-0.25, -0.2) is 4.39 Å². The Bertz CT molecular complexity index is 484. The summed E-state index contributed by atoms with van der Waals surface area (Å²) in [5.41, 5.74) is -0.426. The van der Waals surface area contributed by atoms with Gasteiger partial charge in [0.15, 0.2) is 5.78 Å². The van der Waals surface area contributed by atoms with Crippen molar-refractivity contribution in [3.8, 4) is 0 Å². The van der Waals surface area contributed by atoms with Crippen LogP contribution in [0.4, 0.5) is 4.39 Å². The minimum atomic E-state index is -0.681. The van der Waals surface area contributed by atoms with Crippen molar-refractivity contribution in [3.05, 3.63) is 34.6 Å². The zero-order valence-corrected chi connectivity index (χ0v) is 11.9. The first-order chi connectivity index (χ1) is 8.93. The number of carbonyl (C=O) groups excluding carboxylic acids is 1. The Morgan fingerprint density at radius 2 is 2.00 bits per heavy atom. The van der Waals surface area contributed by atoms with Crippen LogP contribution >= 0.6 is 11.6 Å². The molecule has 1 aromatic carbocycles. The summed E-state index contributed by atoms with van der Waals surface area (Å²) in [6.07, 6.45) is 0. The molecule has 0 bridgehead atoms. The van der Waals surface area contributed by atoms with E-state index < -0.39 is 11.4 Å². The quantitative estimate of drug-likeness (QED) is 0.865. The second-order valence-electron chi connectivity index (χ2n) is 5.25. The van der Waals surface area contributed by atoms with Crippen LogP contribution in [0.3, 0.4) is 0 Å². The van der Waals surface area contributed by atoms with Crippen LogP contribution in [0.2, 0.25) is 5.02 Å². The van der Waals surface area contributed by atoms with Crippen molar-refractivity contribution in [2.24, 2.45) is 0 Å². The van der Waals surface area contributed by atoms with E-state index in [1.807, 2.05) is 13.8 Å². The summed E-state index contributed by atoms with van der Waals surface area (Å²) >= 11 is 6.02. The highest BCUT2D eigenvalue weighted by Gasteiger charge is 2.36. The second-order valence-corrected chi connectivity index (χ2v) is 5.66. The lowest BCUT2D eigenvalue weighted by molar-refractivity contribution is 0.0602. The molecule has 1 heterocycles. The van der Waals surface area contributed by atoms with Gasteiger partial charge in [0, 0.05) is 31.7 Å². The standard InChI is InChI=1S/C14H18ClFN2O/c1-14(2,18-7-5-17-6-8-18)13(19)11-9-10(16)3-4-12(11)15/h3-4,9,17H,5-8H2,1-2H3. The van der Waals surface area contributed by atoms with Crippen molar-refractivity contribution in [3.63, 3.8) is 0 Å². The SMILES string of the molecule is CC(C)(C(=O)c1cc(F)ccc1Cl)N1CCNCC1. The van der Waals surface area contributed by atoms with Gasteiger partial charge < -0.3 is 5.32 Å². The third kappa shape index (κ3) is 2.96. The second kappa shape index (κ2) is 5.57. The lowest BCUT2D eigenvalue weighted by atomic mass is 9.90. The Labute approximate surface area is 117 Å². The van der Waals surface area contributed by atoms with E-state index in [0.717, 1.165) is 26.2 Å². The highest BCUT2D eigenvalue weighted by atomic mass is 35.5. The number of carbonyl (C=O) groups is 1. The number of hydrogen-bond donors (Lipinski definition) is 1. The first-order valence-corrected chi connectivity index (χ1v) is 6.76. The van der Waals surface area contributed by atoms with Crippen molar-refractivity contribution >= 4 is 17.4 Å². The summed E-state index contributed by atoms with van der Waals surface area (Å²) in [6, 6.07) is 3.91. The monoisotopic (exact) mass is 284 g/mol. The highest BCUT2D eigenvalue weighted by Crippen LogP contribution is 2.26. The molecule has 1 aromatic rings.